The molecule has 5 rings (SSSR count). The molecule has 0 aliphatic carbocycles. The standard InChI is InChI=1S/C22H26F2N8O/c1-12-4-5-13(9-31(12)15-8-26-30(10-15)11-22(2,3)33)19-28-20-16-6-14(23)7-17(24)18(16)27-21(25)32(20)29-19/h6-8,10,12-13,33H,4-5,9,11H2,1-3H3,(H2,25,27)/t12-,13+/m1/s1. The SMILES string of the molecule is C[C@@H]1CC[C@H](c2nc3c4cc(F)cc(F)c4nc(N)n3n2)CN1c1cnn(CC(C)(C)O)c1. The van der Waals surface area contributed by atoms with Gasteiger partial charge in [0.25, 0.3) is 0 Å². The van der Waals surface area contributed by atoms with Crippen LogP contribution in [-0.4, -0.2) is 52.7 Å². The Bertz CT molecular complexity index is 1340. The highest BCUT2D eigenvalue weighted by atomic mass is 19.1. The predicted molar refractivity (Wildman–Crippen MR) is 120 cm³/mol. The van der Waals surface area contributed by atoms with E-state index in [1.165, 1.54) is 10.6 Å². The van der Waals surface area contributed by atoms with Crippen LogP contribution in [0.25, 0.3) is 16.6 Å². The summed E-state index contributed by atoms with van der Waals surface area (Å²) in [7, 11) is 0. The van der Waals surface area contributed by atoms with E-state index in [0.29, 0.717) is 18.9 Å². The molecule has 1 saturated heterocycles. The van der Waals surface area contributed by atoms with E-state index in [1.807, 2.05) is 6.20 Å². The number of aromatic nitrogens is 6. The molecule has 11 heteroatoms. The molecule has 33 heavy (non-hydrogen) atoms. The molecule has 174 valence electrons. The lowest BCUT2D eigenvalue weighted by atomic mass is 9.92. The van der Waals surface area contributed by atoms with Crippen molar-refractivity contribution in [1.82, 2.24) is 29.4 Å². The Balaban J connectivity index is 1.49. The number of rotatable bonds is 4. The van der Waals surface area contributed by atoms with Crippen LogP contribution in [0, 0.1) is 11.6 Å². The van der Waals surface area contributed by atoms with Crippen molar-refractivity contribution < 1.29 is 13.9 Å². The maximum atomic E-state index is 14.3. The van der Waals surface area contributed by atoms with Gasteiger partial charge in [0.2, 0.25) is 5.95 Å². The van der Waals surface area contributed by atoms with Crippen molar-refractivity contribution in [2.24, 2.45) is 0 Å². The zero-order chi connectivity index (χ0) is 23.5. The zero-order valence-corrected chi connectivity index (χ0v) is 18.7. The molecule has 0 bridgehead atoms. The molecule has 0 unspecified atom stereocenters. The Morgan fingerprint density at radius 1 is 1.21 bits per heavy atom. The van der Waals surface area contributed by atoms with Gasteiger partial charge in [-0.15, -0.1) is 5.10 Å². The number of hydrogen-bond donors (Lipinski definition) is 2. The second-order valence-electron chi connectivity index (χ2n) is 9.44. The van der Waals surface area contributed by atoms with Gasteiger partial charge in [-0.1, -0.05) is 0 Å². The summed E-state index contributed by atoms with van der Waals surface area (Å²) in [6.07, 6.45) is 5.49. The molecule has 1 aromatic carbocycles. The summed E-state index contributed by atoms with van der Waals surface area (Å²) < 4.78 is 31.2. The number of nitrogens with two attached hydrogens (primary N) is 1. The highest BCUT2D eigenvalue weighted by Crippen LogP contribution is 2.33. The van der Waals surface area contributed by atoms with Crippen molar-refractivity contribution in [3.63, 3.8) is 0 Å². The number of piperidine rings is 1. The first kappa shape index (κ1) is 21.5. The first-order chi connectivity index (χ1) is 15.6. The van der Waals surface area contributed by atoms with Crippen LogP contribution in [0.1, 0.15) is 45.4 Å². The number of nitrogen functional groups attached to an aromatic ring is 1. The quantitative estimate of drug-likeness (QED) is 0.486. The molecule has 3 aromatic heterocycles. The summed E-state index contributed by atoms with van der Waals surface area (Å²) in [6, 6.07) is 2.26. The van der Waals surface area contributed by atoms with Crippen molar-refractivity contribution in [2.45, 2.75) is 57.7 Å². The lowest BCUT2D eigenvalue weighted by Crippen LogP contribution is -2.41. The molecule has 1 aliphatic heterocycles. The summed E-state index contributed by atoms with van der Waals surface area (Å²) in [5, 5.41) is 19.2. The number of fused-ring (bicyclic) bond motifs is 3. The lowest BCUT2D eigenvalue weighted by Gasteiger charge is -2.37. The van der Waals surface area contributed by atoms with E-state index in [1.54, 1.807) is 24.7 Å². The fourth-order valence-electron chi connectivity index (χ4n) is 4.51. The third-order valence-electron chi connectivity index (χ3n) is 6.08. The van der Waals surface area contributed by atoms with Gasteiger partial charge in [-0.05, 0) is 39.7 Å². The highest BCUT2D eigenvalue weighted by molar-refractivity contribution is 5.92. The van der Waals surface area contributed by atoms with Crippen LogP contribution < -0.4 is 10.6 Å². The van der Waals surface area contributed by atoms with Gasteiger partial charge in [0.15, 0.2) is 17.3 Å². The van der Waals surface area contributed by atoms with Gasteiger partial charge < -0.3 is 15.7 Å². The minimum absolute atomic E-state index is 0.00399. The molecule has 0 saturated carbocycles. The van der Waals surface area contributed by atoms with Crippen LogP contribution in [0.2, 0.25) is 0 Å². The normalized spacial score (nSPS) is 19.6. The van der Waals surface area contributed by atoms with Gasteiger partial charge in [0.05, 0.1) is 29.4 Å². The first-order valence-corrected chi connectivity index (χ1v) is 10.9. The Kier molecular flexibility index (Phi) is 4.96. The van der Waals surface area contributed by atoms with Gasteiger partial charge in [0.1, 0.15) is 11.3 Å². The van der Waals surface area contributed by atoms with E-state index in [-0.39, 0.29) is 34.5 Å². The zero-order valence-electron chi connectivity index (χ0n) is 18.7. The van der Waals surface area contributed by atoms with Crippen LogP contribution in [0.4, 0.5) is 20.4 Å². The van der Waals surface area contributed by atoms with Gasteiger partial charge in [0, 0.05) is 30.8 Å². The molecule has 1 fully saturated rings. The molecule has 4 heterocycles. The fraction of sp³-hybridized carbons (Fsp3) is 0.455. The van der Waals surface area contributed by atoms with E-state index >= 15 is 0 Å². The van der Waals surface area contributed by atoms with Crippen molar-refractivity contribution >= 4 is 28.2 Å². The third-order valence-corrected chi connectivity index (χ3v) is 6.08. The van der Waals surface area contributed by atoms with Crippen molar-refractivity contribution in [2.75, 3.05) is 17.2 Å². The van der Waals surface area contributed by atoms with E-state index in [4.69, 9.17) is 5.73 Å². The van der Waals surface area contributed by atoms with Crippen molar-refractivity contribution in [3.8, 4) is 0 Å². The third kappa shape index (κ3) is 3.97. The number of hydrogen-bond acceptors (Lipinski definition) is 7. The van der Waals surface area contributed by atoms with E-state index in [0.717, 1.165) is 24.6 Å². The summed E-state index contributed by atoms with van der Waals surface area (Å²) in [5.74, 6) is -0.952. The summed E-state index contributed by atoms with van der Waals surface area (Å²) in [6.45, 7) is 6.68. The summed E-state index contributed by atoms with van der Waals surface area (Å²) in [4.78, 5) is 10.9. The minimum atomic E-state index is -0.866. The van der Waals surface area contributed by atoms with Crippen molar-refractivity contribution in [1.29, 1.82) is 0 Å². The van der Waals surface area contributed by atoms with Crippen LogP contribution in [0.5, 0.6) is 0 Å². The Hall–Kier alpha value is -3.34. The average molecular weight is 457 g/mol. The molecule has 9 nitrogen and oxygen atoms in total. The maximum absolute atomic E-state index is 14.3. The summed E-state index contributed by atoms with van der Waals surface area (Å²) >= 11 is 0. The molecule has 3 N–H and O–H groups in total. The van der Waals surface area contributed by atoms with Gasteiger partial charge in [-0.3, -0.25) is 4.68 Å². The topological polar surface area (TPSA) is 110 Å². The number of benzene rings is 1. The number of anilines is 2. The number of aliphatic hydroxyl groups is 1. The molecular weight excluding hydrogens is 430 g/mol. The Morgan fingerprint density at radius 3 is 2.76 bits per heavy atom. The van der Waals surface area contributed by atoms with Gasteiger partial charge >= 0.3 is 0 Å². The largest absolute Gasteiger partial charge is 0.389 e. The average Bonchev–Trinajstić information content (AvgIpc) is 3.36. The molecule has 0 spiro atoms. The van der Waals surface area contributed by atoms with Gasteiger partial charge in [-0.2, -0.15) is 9.61 Å². The van der Waals surface area contributed by atoms with Crippen LogP contribution in [0.15, 0.2) is 24.5 Å². The second kappa shape index (κ2) is 7.62. The molecular formula is C22H26F2N8O. The number of nitrogens with zero attached hydrogens (tertiary/aromatic N) is 7. The highest BCUT2D eigenvalue weighted by Gasteiger charge is 2.31. The second-order valence-corrected chi connectivity index (χ2v) is 9.44. The van der Waals surface area contributed by atoms with Crippen LogP contribution in [-0.2, 0) is 6.54 Å². The predicted octanol–water partition coefficient (Wildman–Crippen LogP) is 2.88. The molecule has 0 amide bonds. The Morgan fingerprint density at radius 2 is 2.00 bits per heavy atom. The van der Waals surface area contributed by atoms with Crippen LogP contribution in [0.3, 0.4) is 0 Å². The Labute approximate surface area is 188 Å². The monoisotopic (exact) mass is 456 g/mol. The minimum Gasteiger partial charge on any atom is -0.389 e. The van der Waals surface area contributed by atoms with E-state index < -0.39 is 17.2 Å². The fourth-order valence-corrected chi connectivity index (χ4v) is 4.51. The maximum Gasteiger partial charge on any atom is 0.223 e. The molecule has 2 atom stereocenters. The van der Waals surface area contributed by atoms with Crippen LogP contribution >= 0.6 is 0 Å². The molecule has 1 aliphatic rings. The number of halogens is 2. The molecule has 4 aromatic rings. The smallest absolute Gasteiger partial charge is 0.223 e. The summed E-state index contributed by atoms with van der Waals surface area (Å²) in [5.41, 5.74) is 6.36. The van der Waals surface area contributed by atoms with E-state index in [2.05, 4.69) is 32.0 Å². The van der Waals surface area contributed by atoms with Gasteiger partial charge in [-0.25, -0.2) is 18.7 Å². The first-order valence-electron chi connectivity index (χ1n) is 10.9. The van der Waals surface area contributed by atoms with E-state index in [9.17, 15) is 13.9 Å². The molecule has 0 radical (unpaired) electrons. The lowest BCUT2D eigenvalue weighted by molar-refractivity contribution is 0.0577. The van der Waals surface area contributed by atoms with Crippen molar-refractivity contribution in [3.05, 3.63) is 42.0 Å².